The summed E-state index contributed by atoms with van der Waals surface area (Å²) < 4.78 is 0. The second-order valence-electron chi connectivity index (χ2n) is 6.43. The van der Waals surface area contributed by atoms with Crippen LogP contribution in [0, 0.1) is 0 Å². The third-order valence-electron chi connectivity index (χ3n) is 3.89. The van der Waals surface area contributed by atoms with E-state index in [1.807, 2.05) is 0 Å². The first-order valence-electron chi connectivity index (χ1n) is 9.11. The molecule has 1 aromatic rings. The van der Waals surface area contributed by atoms with Crippen molar-refractivity contribution >= 4 is 58.9 Å². The molecule has 3 amide bonds. The summed E-state index contributed by atoms with van der Waals surface area (Å²) in [6.07, 6.45) is 3.74. The number of carbonyl (C=O) groups is 5. The zero-order valence-corrected chi connectivity index (χ0v) is 18.7. The number of anilines is 1. The summed E-state index contributed by atoms with van der Waals surface area (Å²) in [4.78, 5) is 58.3. The molecule has 31 heavy (non-hydrogen) atoms. The number of benzene rings is 1. The van der Waals surface area contributed by atoms with Gasteiger partial charge in [-0.1, -0.05) is 0 Å². The minimum atomic E-state index is -1.32. The van der Waals surface area contributed by atoms with E-state index in [4.69, 9.17) is 10.2 Å². The van der Waals surface area contributed by atoms with E-state index in [2.05, 4.69) is 16.0 Å². The lowest BCUT2D eigenvalue weighted by atomic mass is 10.1. The molecule has 1 rings (SSSR count). The number of nitrogens with one attached hydrogen (secondary N) is 3. The highest BCUT2D eigenvalue weighted by Crippen LogP contribution is 2.16. The Morgan fingerprint density at radius 3 is 1.94 bits per heavy atom. The summed E-state index contributed by atoms with van der Waals surface area (Å²) in [5.74, 6) is -3.03. The van der Waals surface area contributed by atoms with Gasteiger partial charge in [-0.25, -0.2) is 9.59 Å². The maximum absolute atomic E-state index is 12.3. The van der Waals surface area contributed by atoms with Gasteiger partial charge in [0.05, 0.1) is 22.6 Å². The summed E-state index contributed by atoms with van der Waals surface area (Å²) in [5.41, 5.74) is -0.499. The Hall–Kier alpha value is -2.73. The molecule has 170 valence electrons. The molecule has 0 heterocycles. The molecule has 0 bridgehead atoms. The summed E-state index contributed by atoms with van der Waals surface area (Å²) in [6.45, 7) is 0.157. The van der Waals surface area contributed by atoms with Gasteiger partial charge < -0.3 is 26.2 Å². The van der Waals surface area contributed by atoms with E-state index in [-0.39, 0.29) is 59.5 Å². The Bertz CT molecular complexity index is 800. The molecule has 12 heteroatoms. The van der Waals surface area contributed by atoms with Crippen molar-refractivity contribution in [2.75, 3.05) is 35.9 Å². The van der Waals surface area contributed by atoms with E-state index in [1.54, 1.807) is 12.5 Å². The van der Waals surface area contributed by atoms with Gasteiger partial charge in [0, 0.05) is 24.7 Å². The van der Waals surface area contributed by atoms with Gasteiger partial charge in [0.2, 0.25) is 17.7 Å². The van der Waals surface area contributed by atoms with E-state index in [0.717, 1.165) is 18.2 Å². The topological polar surface area (TPSA) is 162 Å². The summed E-state index contributed by atoms with van der Waals surface area (Å²) in [5, 5.41) is 26.2. The van der Waals surface area contributed by atoms with E-state index >= 15 is 0 Å². The Kier molecular flexibility index (Phi) is 11.5. The van der Waals surface area contributed by atoms with Crippen molar-refractivity contribution in [3.05, 3.63) is 29.3 Å². The zero-order chi connectivity index (χ0) is 23.4. The maximum atomic E-state index is 12.3. The molecule has 0 spiro atoms. The third-order valence-corrected chi connectivity index (χ3v) is 4.99. The number of carbonyl (C=O) groups excluding carboxylic acids is 3. The van der Waals surface area contributed by atoms with Gasteiger partial charge in [0.25, 0.3) is 0 Å². The molecular weight excluding hydrogens is 446 g/mol. The SMILES string of the molecule is CSCC(=O)NCC(CCC(=O)Nc1cc(C(=O)O)cc(C(=O)O)c1)NC(=O)CSC. The van der Waals surface area contributed by atoms with Crippen molar-refractivity contribution in [1.82, 2.24) is 10.6 Å². The highest BCUT2D eigenvalue weighted by molar-refractivity contribution is 7.99. The minimum absolute atomic E-state index is 0.0394. The molecule has 0 aliphatic heterocycles. The van der Waals surface area contributed by atoms with Crippen LogP contribution in [0.5, 0.6) is 0 Å². The molecule has 0 saturated carbocycles. The lowest BCUT2D eigenvalue weighted by Crippen LogP contribution is -2.45. The van der Waals surface area contributed by atoms with Gasteiger partial charge in [0.15, 0.2) is 0 Å². The molecule has 1 unspecified atom stereocenters. The first-order chi connectivity index (χ1) is 14.7. The number of carboxylic acids is 2. The van der Waals surface area contributed by atoms with Crippen LogP contribution in [0.4, 0.5) is 5.69 Å². The fraction of sp³-hybridized carbons (Fsp3) is 0.421. The maximum Gasteiger partial charge on any atom is 0.335 e. The smallest absolute Gasteiger partial charge is 0.335 e. The van der Waals surface area contributed by atoms with Gasteiger partial charge in [-0.15, -0.1) is 0 Å². The molecule has 0 saturated heterocycles. The fourth-order valence-corrected chi connectivity index (χ4v) is 3.23. The molecule has 0 radical (unpaired) electrons. The Morgan fingerprint density at radius 2 is 1.42 bits per heavy atom. The van der Waals surface area contributed by atoms with E-state index in [9.17, 15) is 24.0 Å². The van der Waals surface area contributed by atoms with Crippen LogP contribution < -0.4 is 16.0 Å². The second-order valence-corrected chi connectivity index (χ2v) is 8.16. The molecule has 0 aliphatic rings. The molecule has 0 aliphatic carbocycles. The number of rotatable bonds is 13. The molecule has 1 atom stereocenters. The van der Waals surface area contributed by atoms with Crippen molar-refractivity contribution < 1.29 is 34.2 Å². The molecule has 1 aromatic carbocycles. The lowest BCUT2D eigenvalue weighted by Gasteiger charge is -2.19. The number of carboxylic acid groups (broad SMARTS) is 2. The predicted octanol–water partition coefficient (Wildman–Crippen LogP) is 1.13. The molecule has 0 fully saturated rings. The summed E-state index contributed by atoms with van der Waals surface area (Å²) >= 11 is 2.70. The Morgan fingerprint density at radius 1 is 0.871 bits per heavy atom. The highest BCUT2D eigenvalue weighted by Gasteiger charge is 2.17. The van der Waals surface area contributed by atoms with Gasteiger partial charge in [-0.05, 0) is 37.1 Å². The second kappa shape index (κ2) is 13.5. The van der Waals surface area contributed by atoms with Gasteiger partial charge in [-0.2, -0.15) is 23.5 Å². The average molecular weight is 472 g/mol. The quantitative estimate of drug-likeness (QED) is 0.284. The van der Waals surface area contributed by atoms with Crippen LogP contribution in [0.3, 0.4) is 0 Å². The predicted molar refractivity (Wildman–Crippen MR) is 120 cm³/mol. The number of hydrogen-bond acceptors (Lipinski definition) is 7. The van der Waals surface area contributed by atoms with E-state index in [1.165, 1.54) is 23.5 Å². The van der Waals surface area contributed by atoms with Crippen molar-refractivity contribution in [2.45, 2.75) is 18.9 Å². The Balaban J connectivity index is 2.77. The minimum Gasteiger partial charge on any atom is -0.478 e. The Labute approximate surface area is 187 Å². The van der Waals surface area contributed by atoms with Crippen molar-refractivity contribution in [3.8, 4) is 0 Å². The van der Waals surface area contributed by atoms with Crippen LogP contribution in [-0.4, -0.2) is 76.5 Å². The molecule has 0 aromatic heterocycles. The third kappa shape index (κ3) is 10.2. The van der Waals surface area contributed by atoms with Crippen LogP contribution in [0.15, 0.2) is 18.2 Å². The zero-order valence-electron chi connectivity index (χ0n) is 17.1. The fourth-order valence-electron chi connectivity index (χ4n) is 2.52. The van der Waals surface area contributed by atoms with Gasteiger partial charge >= 0.3 is 11.9 Å². The largest absolute Gasteiger partial charge is 0.478 e. The van der Waals surface area contributed by atoms with Crippen LogP contribution in [0.25, 0.3) is 0 Å². The van der Waals surface area contributed by atoms with Crippen molar-refractivity contribution in [3.63, 3.8) is 0 Å². The lowest BCUT2D eigenvalue weighted by molar-refractivity contribution is -0.121. The van der Waals surface area contributed by atoms with E-state index < -0.39 is 23.9 Å². The van der Waals surface area contributed by atoms with Crippen LogP contribution in [0.1, 0.15) is 33.6 Å². The van der Waals surface area contributed by atoms with Gasteiger partial charge in [-0.3, -0.25) is 14.4 Å². The molecule has 10 nitrogen and oxygen atoms in total. The number of thioether (sulfide) groups is 2. The molecular formula is C19H25N3O7S2. The van der Waals surface area contributed by atoms with Crippen LogP contribution in [0.2, 0.25) is 0 Å². The summed E-state index contributed by atoms with van der Waals surface area (Å²) in [7, 11) is 0. The summed E-state index contributed by atoms with van der Waals surface area (Å²) in [6, 6.07) is 2.84. The standard InChI is InChI=1S/C19H25N3O7S2/c1-30-9-16(24)20-8-13(21-17(25)10-31-2)3-4-15(23)22-14-6-11(18(26)27)5-12(7-14)19(28)29/h5-7,13H,3-4,8-10H2,1-2H3,(H,20,24)(H,21,25)(H,22,23)(H,26,27)(H,28,29). The first-order valence-corrected chi connectivity index (χ1v) is 11.9. The van der Waals surface area contributed by atoms with E-state index in [0.29, 0.717) is 0 Å². The normalized spacial score (nSPS) is 11.3. The van der Waals surface area contributed by atoms with Crippen LogP contribution >= 0.6 is 23.5 Å². The molecule has 5 N–H and O–H groups in total. The monoisotopic (exact) mass is 471 g/mol. The number of aromatic carboxylic acids is 2. The first kappa shape index (κ1) is 26.3. The van der Waals surface area contributed by atoms with Crippen molar-refractivity contribution in [1.29, 1.82) is 0 Å². The van der Waals surface area contributed by atoms with Gasteiger partial charge in [0.1, 0.15) is 0 Å². The average Bonchev–Trinajstić information content (AvgIpc) is 2.70. The number of amides is 3. The number of hydrogen-bond donors (Lipinski definition) is 5. The highest BCUT2D eigenvalue weighted by atomic mass is 32.2. The van der Waals surface area contributed by atoms with Crippen molar-refractivity contribution in [2.24, 2.45) is 0 Å². The van der Waals surface area contributed by atoms with Crippen LogP contribution in [-0.2, 0) is 14.4 Å².